The monoisotopic (exact) mass is 578 g/mol. The quantitative estimate of drug-likeness (QED) is 0.179. The van der Waals surface area contributed by atoms with Gasteiger partial charge in [-0.25, -0.2) is 0 Å². The minimum absolute atomic E-state index is 0.0214. The number of allylic oxidation sites excluding steroid dienone is 4. The Balaban J connectivity index is -0.000000226. The number of hydrogen-bond acceptors (Lipinski definition) is 4. The molecule has 0 fully saturated rings. The van der Waals surface area contributed by atoms with E-state index in [1.807, 2.05) is 65.8 Å². The van der Waals surface area contributed by atoms with Gasteiger partial charge in [-0.3, -0.25) is 19.2 Å². The summed E-state index contributed by atoms with van der Waals surface area (Å²) in [5.41, 5.74) is 0. The zero-order chi connectivity index (χ0) is 32.8. The zero-order valence-electron chi connectivity index (χ0n) is 28.2. The molecule has 0 bridgehead atoms. The van der Waals surface area contributed by atoms with E-state index in [4.69, 9.17) is 0 Å². The number of amides is 4. The molecule has 41 heavy (non-hydrogen) atoms. The first-order chi connectivity index (χ1) is 18.9. The van der Waals surface area contributed by atoms with Gasteiger partial charge in [0.2, 0.25) is 24.1 Å². The molecule has 0 aliphatic heterocycles. The number of carbonyl (C=O) groups excluding carboxylic acids is 4. The van der Waals surface area contributed by atoms with Crippen molar-refractivity contribution in [3.05, 3.63) is 49.1 Å². The molecule has 0 atom stereocenters. The fraction of sp³-hybridized carbons (Fsp3) is 0.636. The zero-order valence-corrected chi connectivity index (χ0v) is 28.2. The first-order valence-corrected chi connectivity index (χ1v) is 14.7. The number of hydrogen-bond donors (Lipinski definition) is 4. The smallest absolute Gasteiger partial charge is 0.224 e. The molecule has 0 aliphatic rings. The van der Waals surface area contributed by atoms with Gasteiger partial charge in [0.05, 0.1) is 0 Å². The van der Waals surface area contributed by atoms with Crippen LogP contribution in [0, 0.1) is 35.5 Å². The molecule has 0 spiro atoms. The molecule has 0 rings (SSSR count). The summed E-state index contributed by atoms with van der Waals surface area (Å²) in [4.78, 5) is 42.0. The summed E-state index contributed by atoms with van der Waals surface area (Å²) in [6.45, 7) is 26.1. The molecule has 0 heterocycles. The average molecular weight is 579 g/mol. The second-order valence-corrected chi connectivity index (χ2v) is 11.7. The Morgan fingerprint density at radius 3 is 1.05 bits per heavy atom. The van der Waals surface area contributed by atoms with Crippen LogP contribution in [-0.2, 0) is 19.2 Å². The van der Waals surface area contributed by atoms with Crippen molar-refractivity contribution in [3.63, 3.8) is 0 Å². The fourth-order valence-electron chi connectivity index (χ4n) is 2.17. The number of rotatable bonds is 13. The van der Waals surface area contributed by atoms with Crippen molar-refractivity contribution in [2.45, 2.75) is 103 Å². The Hall–Kier alpha value is -3.16. The molecule has 0 unspecified atom stereocenters. The number of nitrogens with one attached hydrogen (secondary N) is 4. The summed E-state index contributed by atoms with van der Waals surface area (Å²) in [5, 5.41) is 10.4. The Labute approximate surface area is 252 Å². The Morgan fingerprint density at radius 1 is 0.512 bits per heavy atom. The lowest BCUT2D eigenvalue weighted by Gasteiger charge is -2.02. The lowest BCUT2D eigenvalue weighted by atomic mass is 10.1. The van der Waals surface area contributed by atoms with E-state index in [2.05, 4.69) is 62.8 Å². The highest BCUT2D eigenvalue weighted by Gasteiger charge is 2.02. The topological polar surface area (TPSA) is 116 Å². The largest absolute Gasteiger partial charge is 0.336 e. The Kier molecular flexibility index (Phi) is 34.3. The van der Waals surface area contributed by atoms with Crippen LogP contribution in [0.15, 0.2) is 49.1 Å². The van der Waals surface area contributed by atoms with Crippen molar-refractivity contribution in [1.29, 1.82) is 0 Å². The molecule has 0 saturated carbocycles. The minimum atomic E-state index is -0.0214. The van der Waals surface area contributed by atoms with Crippen LogP contribution in [0.4, 0.5) is 0 Å². The van der Waals surface area contributed by atoms with Crippen LogP contribution in [0.3, 0.4) is 0 Å². The van der Waals surface area contributed by atoms with Gasteiger partial charge in [-0.1, -0.05) is 107 Å². The second kappa shape index (κ2) is 31.4. The normalized spacial score (nSPS) is 11.1. The van der Waals surface area contributed by atoms with Crippen molar-refractivity contribution in [3.8, 4) is 0 Å². The maximum atomic E-state index is 11.1. The fourth-order valence-corrected chi connectivity index (χ4v) is 2.17. The highest BCUT2D eigenvalue weighted by molar-refractivity contribution is 5.77. The van der Waals surface area contributed by atoms with E-state index >= 15 is 0 Å². The van der Waals surface area contributed by atoms with Crippen LogP contribution in [-0.4, -0.2) is 24.1 Å². The highest BCUT2D eigenvalue weighted by atomic mass is 16.2. The van der Waals surface area contributed by atoms with Crippen LogP contribution in [0.1, 0.15) is 103 Å². The summed E-state index contributed by atoms with van der Waals surface area (Å²) >= 11 is 0. The van der Waals surface area contributed by atoms with Crippen LogP contribution in [0.5, 0.6) is 0 Å². The van der Waals surface area contributed by atoms with Gasteiger partial charge in [-0.15, -0.1) is 0 Å². The van der Waals surface area contributed by atoms with Crippen molar-refractivity contribution >= 4 is 24.1 Å². The molecule has 8 heteroatoms. The predicted molar refractivity (Wildman–Crippen MR) is 174 cm³/mol. The van der Waals surface area contributed by atoms with Gasteiger partial charge in [0.15, 0.2) is 0 Å². The van der Waals surface area contributed by atoms with Crippen molar-refractivity contribution in [2.75, 3.05) is 0 Å². The van der Waals surface area contributed by atoms with Crippen LogP contribution in [0.2, 0.25) is 0 Å². The molecule has 0 aromatic rings. The molecule has 0 saturated heterocycles. The Morgan fingerprint density at radius 2 is 0.805 bits per heavy atom. The second-order valence-electron chi connectivity index (χ2n) is 11.7. The van der Waals surface area contributed by atoms with E-state index in [1.165, 1.54) is 6.92 Å². The molecule has 0 aromatic heterocycles. The summed E-state index contributed by atoms with van der Waals surface area (Å²) in [5.74, 6) is 3.01. The average Bonchev–Trinajstić information content (AvgIpc) is 2.78. The maximum absolute atomic E-state index is 11.1. The van der Waals surface area contributed by atoms with E-state index in [0.717, 1.165) is 0 Å². The lowest BCUT2D eigenvalue weighted by Crippen LogP contribution is -2.18. The van der Waals surface area contributed by atoms with E-state index in [-0.39, 0.29) is 17.7 Å². The highest BCUT2D eigenvalue weighted by Crippen LogP contribution is 1.99. The standard InChI is InChI=1S/2C10H19NO.C7H13NO.C6H11NO/c2*1-8(2)5-6-11-10(12)7-9(3)4;1-6(2)4-5-8-7(3)9;1-6(2)3-4-7-5-8/h2*5-6,8-9H,7H2,1-4H3,(H,11,12);4-6H,1-3H3,(H,8,9);3-6H,1-2H3,(H,7,8)/b2*6-5+;5-4+;4-3+. The first kappa shape index (κ1) is 44.8. The third-order valence-corrected chi connectivity index (χ3v) is 4.05. The van der Waals surface area contributed by atoms with E-state index in [1.54, 1.807) is 24.8 Å². The molecule has 238 valence electrons. The van der Waals surface area contributed by atoms with Crippen molar-refractivity contribution < 1.29 is 19.2 Å². The maximum Gasteiger partial charge on any atom is 0.224 e. The van der Waals surface area contributed by atoms with Crippen LogP contribution >= 0.6 is 0 Å². The van der Waals surface area contributed by atoms with Crippen LogP contribution < -0.4 is 21.3 Å². The summed E-state index contributed by atoms with van der Waals surface area (Å²) in [6.07, 6.45) is 16.4. The van der Waals surface area contributed by atoms with Gasteiger partial charge in [-0.2, -0.15) is 0 Å². The molecule has 0 radical (unpaired) electrons. The predicted octanol–water partition coefficient (Wildman–Crippen LogP) is 6.83. The third-order valence-electron chi connectivity index (χ3n) is 4.05. The molecule has 4 N–H and O–H groups in total. The van der Waals surface area contributed by atoms with Crippen LogP contribution in [0.25, 0.3) is 0 Å². The third kappa shape index (κ3) is 57.7. The molecule has 4 amide bonds. The lowest BCUT2D eigenvalue weighted by molar-refractivity contribution is -0.121. The molecular weight excluding hydrogens is 516 g/mol. The molecule has 8 nitrogen and oxygen atoms in total. The van der Waals surface area contributed by atoms with Gasteiger partial charge < -0.3 is 21.3 Å². The van der Waals surface area contributed by atoms with Gasteiger partial charge >= 0.3 is 0 Å². The first-order valence-electron chi connectivity index (χ1n) is 14.7. The van der Waals surface area contributed by atoms with Crippen molar-refractivity contribution in [1.82, 2.24) is 21.3 Å². The van der Waals surface area contributed by atoms with E-state index in [9.17, 15) is 19.2 Å². The van der Waals surface area contributed by atoms with Gasteiger partial charge in [0.1, 0.15) is 0 Å². The van der Waals surface area contributed by atoms with E-state index < -0.39 is 0 Å². The van der Waals surface area contributed by atoms with Gasteiger partial charge in [-0.05, 0) is 60.3 Å². The molecule has 0 aliphatic carbocycles. The SMILES string of the molecule is CC(=O)N/C=C/C(C)C.CC(C)/C=C/NC(=O)CC(C)C.CC(C)/C=C/NC(=O)CC(C)C.CC(C)/C=C/NC=O. The van der Waals surface area contributed by atoms with Gasteiger partial charge in [0.25, 0.3) is 0 Å². The minimum Gasteiger partial charge on any atom is -0.336 e. The molecule has 0 aromatic carbocycles. The summed E-state index contributed by atoms with van der Waals surface area (Å²) in [6, 6.07) is 0. The van der Waals surface area contributed by atoms with Crippen molar-refractivity contribution in [2.24, 2.45) is 35.5 Å². The van der Waals surface area contributed by atoms with E-state index in [0.29, 0.717) is 54.8 Å². The van der Waals surface area contributed by atoms with Gasteiger partial charge in [0, 0.05) is 19.8 Å². The number of carbonyl (C=O) groups is 4. The Bertz CT molecular complexity index is 740. The summed E-state index contributed by atoms with van der Waals surface area (Å²) in [7, 11) is 0. The molecular formula is C33H62N4O4. The summed E-state index contributed by atoms with van der Waals surface area (Å²) < 4.78 is 0.